The number of hydrogen-bond acceptors (Lipinski definition) is 4. The molecule has 0 aromatic rings. The van der Waals surface area contributed by atoms with Gasteiger partial charge in [0.1, 0.15) is 5.60 Å². The van der Waals surface area contributed by atoms with Gasteiger partial charge in [-0.1, -0.05) is 0 Å². The van der Waals surface area contributed by atoms with Gasteiger partial charge in [-0.05, 0) is 13.8 Å². The van der Waals surface area contributed by atoms with Crippen molar-refractivity contribution in [2.75, 3.05) is 33.3 Å². The fourth-order valence-electron chi connectivity index (χ4n) is 2.12. The Hall–Kier alpha value is -0.610. The smallest absolute Gasteiger partial charge is 0.136 e. The third kappa shape index (κ3) is 1.77. The molecule has 1 saturated heterocycles. The first-order valence-corrected chi connectivity index (χ1v) is 5.26. The van der Waals surface area contributed by atoms with Crippen LogP contribution in [0.4, 0.5) is 0 Å². The zero-order valence-electron chi connectivity index (χ0n) is 9.23. The molecule has 2 heterocycles. The SMILES string of the molecule is CC(C)N1CCOC2(C=NN(C)C2)C1. The molecule has 0 aromatic carbocycles. The number of likely N-dealkylation sites (N-methyl/N-ethyl adjacent to an activating group) is 1. The molecule has 2 aliphatic rings. The van der Waals surface area contributed by atoms with Crippen LogP contribution >= 0.6 is 0 Å². The maximum atomic E-state index is 5.84. The normalized spacial score (nSPS) is 33.6. The summed E-state index contributed by atoms with van der Waals surface area (Å²) in [6.45, 7) is 8.17. The van der Waals surface area contributed by atoms with Gasteiger partial charge in [0.2, 0.25) is 0 Å². The highest BCUT2D eigenvalue weighted by molar-refractivity contribution is 5.71. The highest BCUT2D eigenvalue weighted by atomic mass is 16.5. The van der Waals surface area contributed by atoms with Crippen molar-refractivity contribution in [2.24, 2.45) is 5.10 Å². The lowest BCUT2D eigenvalue weighted by Gasteiger charge is -2.40. The van der Waals surface area contributed by atoms with E-state index in [1.807, 2.05) is 18.3 Å². The molecule has 0 saturated carbocycles. The van der Waals surface area contributed by atoms with Gasteiger partial charge in [-0.25, -0.2) is 0 Å². The first-order valence-electron chi connectivity index (χ1n) is 5.26. The molecule has 0 aromatic heterocycles. The molecule has 4 nitrogen and oxygen atoms in total. The second kappa shape index (κ2) is 3.51. The monoisotopic (exact) mass is 197 g/mol. The maximum absolute atomic E-state index is 5.84. The molecule has 0 radical (unpaired) electrons. The third-order valence-electron chi connectivity index (χ3n) is 2.96. The van der Waals surface area contributed by atoms with Crippen LogP contribution in [0.5, 0.6) is 0 Å². The van der Waals surface area contributed by atoms with E-state index >= 15 is 0 Å². The Morgan fingerprint density at radius 1 is 1.43 bits per heavy atom. The lowest BCUT2D eigenvalue weighted by Crippen LogP contribution is -2.56. The minimum absolute atomic E-state index is 0.142. The summed E-state index contributed by atoms with van der Waals surface area (Å²) in [5.41, 5.74) is -0.142. The Morgan fingerprint density at radius 2 is 2.21 bits per heavy atom. The number of hydrazone groups is 1. The number of morpholine rings is 1. The van der Waals surface area contributed by atoms with E-state index in [4.69, 9.17) is 4.74 Å². The minimum Gasteiger partial charge on any atom is -0.365 e. The van der Waals surface area contributed by atoms with E-state index in [-0.39, 0.29) is 5.60 Å². The van der Waals surface area contributed by atoms with Crippen molar-refractivity contribution < 1.29 is 4.74 Å². The van der Waals surface area contributed by atoms with Crippen molar-refractivity contribution in [3.8, 4) is 0 Å². The lowest BCUT2D eigenvalue weighted by atomic mass is 10.0. The number of nitrogens with zero attached hydrogens (tertiary/aromatic N) is 3. The second-order valence-corrected chi connectivity index (χ2v) is 4.54. The molecule has 0 N–H and O–H groups in total. The molecular formula is C10H19N3O. The van der Waals surface area contributed by atoms with Crippen LogP contribution in [0.2, 0.25) is 0 Å². The van der Waals surface area contributed by atoms with Crippen LogP contribution in [0.25, 0.3) is 0 Å². The maximum Gasteiger partial charge on any atom is 0.136 e. The number of ether oxygens (including phenoxy) is 1. The van der Waals surface area contributed by atoms with Crippen molar-refractivity contribution in [1.82, 2.24) is 9.91 Å². The van der Waals surface area contributed by atoms with Crippen molar-refractivity contribution >= 4 is 6.21 Å². The van der Waals surface area contributed by atoms with Crippen LogP contribution < -0.4 is 0 Å². The van der Waals surface area contributed by atoms with Gasteiger partial charge in [0.25, 0.3) is 0 Å². The molecule has 1 unspecified atom stereocenters. The molecule has 4 heteroatoms. The fourth-order valence-corrected chi connectivity index (χ4v) is 2.12. The largest absolute Gasteiger partial charge is 0.365 e. The summed E-state index contributed by atoms with van der Waals surface area (Å²) >= 11 is 0. The standard InChI is InChI=1S/C10H19N3O/c1-9(2)13-4-5-14-10(8-13)6-11-12(3)7-10/h6,9H,4-5,7-8H2,1-3H3. The molecule has 0 aliphatic carbocycles. The van der Waals surface area contributed by atoms with Crippen molar-refractivity contribution in [2.45, 2.75) is 25.5 Å². The Morgan fingerprint density at radius 3 is 2.79 bits per heavy atom. The number of rotatable bonds is 1. The molecule has 80 valence electrons. The van der Waals surface area contributed by atoms with Gasteiger partial charge in [-0.3, -0.25) is 9.91 Å². The highest BCUT2D eigenvalue weighted by Crippen LogP contribution is 2.22. The van der Waals surface area contributed by atoms with E-state index in [1.165, 1.54) is 0 Å². The van der Waals surface area contributed by atoms with Gasteiger partial charge < -0.3 is 4.74 Å². The first kappa shape index (κ1) is 9.93. The zero-order valence-corrected chi connectivity index (χ0v) is 9.23. The quantitative estimate of drug-likeness (QED) is 0.609. The highest BCUT2D eigenvalue weighted by Gasteiger charge is 2.40. The summed E-state index contributed by atoms with van der Waals surface area (Å²) in [4.78, 5) is 2.45. The Labute approximate surface area is 85.5 Å². The van der Waals surface area contributed by atoms with Crippen LogP contribution in [-0.4, -0.2) is 61.1 Å². The van der Waals surface area contributed by atoms with E-state index in [0.717, 1.165) is 26.2 Å². The summed E-state index contributed by atoms with van der Waals surface area (Å²) in [6.07, 6.45) is 1.96. The summed E-state index contributed by atoms with van der Waals surface area (Å²) in [5, 5.41) is 6.21. The average Bonchev–Trinajstić information content (AvgIpc) is 2.47. The predicted octanol–water partition coefficient (Wildman–Crippen LogP) is 0.397. The molecule has 14 heavy (non-hydrogen) atoms. The van der Waals surface area contributed by atoms with Gasteiger partial charge >= 0.3 is 0 Å². The van der Waals surface area contributed by atoms with Gasteiger partial charge in [0.15, 0.2) is 0 Å². The Balaban J connectivity index is 2.04. The molecule has 0 amide bonds. The average molecular weight is 197 g/mol. The van der Waals surface area contributed by atoms with E-state index < -0.39 is 0 Å². The molecular weight excluding hydrogens is 178 g/mol. The Bertz CT molecular complexity index is 242. The van der Waals surface area contributed by atoms with Gasteiger partial charge in [0, 0.05) is 26.2 Å². The van der Waals surface area contributed by atoms with E-state index in [0.29, 0.717) is 6.04 Å². The van der Waals surface area contributed by atoms with Crippen LogP contribution in [0.1, 0.15) is 13.8 Å². The molecule has 2 aliphatic heterocycles. The fraction of sp³-hybridized carbons (Fsp3) is 0.900. The van der Waals surface area contributed by atoms with E-state index in [1.54, 1.807) is 0 Å². The summed E-state index contributed by atoms with van der Waals surface area (Å²) in [5.74, 6) is 0. The van der Waals surface area contributed by atoms with Crippen LogP contribution in [0, 0.1) is 0 Å². The first-order chi connectivity index (χ1) is 6.61. The van der Waals surface area contributed by atoms with Crippen LogP contribution in [0.15, 0.2) is 5.10 Å². The summed E-state index contributed by atoms with van der Waals surface area (Å²) in [6, 6.07) is 0.593. The molecule has 2 rings (SSSR count). The third-order valence-corrected chi connectivity index (χ3v) is 2.96. The minimum atomic E-state index is -0.142. The van der Waals surface area contributed by atoms with E-state index in [2.05, 4.69) is 23.8 Å². The van der Waals surface area contributed by atoms with Crippen molar-refractivity contribution in [3.63, 3.8) is 0 Å². The van der Waals surface area contributed by atoms with Gasteiger partial charge in [-0.15, -0.1) is 0 Å². The molecule has 1 spiro atoms. The van der Waals surface area contributed by atoms with Crippen molar-refractivity contribution in [1.29, 1.82) is 0 Å². The topological polar surface area (TPSA) is 28.1 Å². The van der Waals surface area contributed by atoms with Crippen LogP contribution in [0.3, 0.4) is 0 Å². The van der Waals surface area contributed by atoms with E-state index in [9.17, 15) is 0 Å². The van der Waals surface area contributed by atoms with Crippen LogP contribution in [-0.2, 0) is 4.74 Å². The molecule has 0 bridgehead atoms. The van der Waals surface area contributed by atoms with Gasteiger partial charge in [0.05, 0.1) is 19.4 Å². The number of hydrogen-bond donors (Lipinski definition) is 0. The molecule has 1 atom stereocenters. The predicted molar refractivity (Wildman–Crippen MR) is 56.5 cm³/mol. The zero-order chi connectivity index (χ0) is 10.2. The molecule has 1 fully saturated rings. The van der Waals surface area contributed by atoms with Crippen molar-refractivity contribution in [3.05, 3.63) is 0 Å². The summed E-state index contributed by atoms with van der Waals surface area (Å²) < 4.78 is 5.84. The Kier molecular flexibility index (Phi) is 2.49. The lowest BCUT2D eigenvalue weighted by molar-refractivity contribution is -0.0742. The second-order valence-electron chi connectivity index (χ2n) is 4.54. The van der Waals surface area contributed by atoms with Gasteiger partial charge in [-0.2, -0.15) is 5.10 Å². The summed E-state index contributed by atoms with van der Waals surface area (Å²) in [7, 11) is 1.99.